The van der Waals surface area contributed by atoms with Gasteiger partial charge < -0.3 is 10.6 Å². The molecule has 5 heteroatoms. The Morgan fingerprint density at radius 3 is 2.77 bits per heavy atom. The average Bonchev–Trinajstić information content (AvgIpc) is 2.97. The van der Waals surface area contributed by atoms with Gasteiger partial charge in [-0.1, -0.05) is 42.5 Å². The van der Waals surface area contributed by atoms with E-state index in [0.29, 0.717) is 12.1 Å². The number of hydrogen-bond acceptors (Lipinski definition) is 3. The van der Waals surface area contributed by atoms with E-state index in [1.807, 2.05) is 18.2 Å². The number of fused-ring (bicyclic) bond motifs is 2. The summed E-state index contributed by atoms with van der Waals surface area (Å²) >= 11 is 0. The van der Waals surface area contributed by atoms with Gasteiger partial charge in [-0.3, -0.25) is 14.5 Å². The molecule has 134 valence electrons. The summed E-state index contributed by atoms with van der Waals surface area (Å²) in [6.45, 7) is 3.44. The molecule has 0 aliphatic carbocycles. The fourth-order valence-corrected chi connectivity index (χ4v) is 3.84. The van der Waals surface area contributed by atoms with Crippen LogP contribution < -0.4 is 10.6 Å². The molecular formula is C21H23N3O2. The molecule has 0 radical (unpaired) electrons. The lowest BCUT2D eigenvalue weighted by molar-refractivity contribution is -0.121. The van der Waals surface area contributed by atoms with E-state index >= 15 is 0 Å². The first-order valence-electron chi connectivity index (χ1n) is 9.16. The first-order valence-corrected chi connectivity index (χ1v) is 9.16. The van der Waals surface area contributed by atoms with Crippen molar-refractivity contribution in [2.75, 3.05) is 19.6 Å². The van der Waals surface area contributed by atoms with Crippen LogP contribution in [0.3, 0.4) is 0 Å². The van der Waals surface area contributed by atoms with Crippen LogP contribution in [0.1, 0.15) is 39.5 Å². The Morgan fingerprint density at radius 1 is 1.12 bits per heavy atom. The molecule has 1 atom stereocenters. The Morgan fingerprint density at radius 2 is 1.88 bits per heavy atom. The van der Waals surface area contributed by atoms with E-state index in [1.54, 1.807) is 6.07 Å². The first-order chi connectivity index (χ1) is 12.7. The average molecular weight is 349 g/mol. The van der Waals surface area contributed by atoms with Gasteiger partial charge in [0.25, 0.3) is 5.91 Å². The van der Waals surface area contributed by atoms with Crippen molar-refractivity contribution in [2.24, 2.45) is 0 Å². The summed E-state index contributed by atoms with van der Waals surface area (Å²) in [6, 6.07) is 15.8. The molecule has 2 amide bonds. The SMILES string of the molecule is O=C(C[C@@H]1NC(=O)c2ccccc21)NCCN1CCc2ccccc2C1. The highest BCUT2D eigenvalue weighted by atomic mass is 16.2. The van der Waals surface area contributed by atoms with E-state index in [9.17, 15) is 9.59 Å². The van der Waals surface area contributed by atoms with E-state index in [1.165, 1.54) is 11.1 Å². The van der Waals surface area contributed by atoms with Crippen molar-refractivity contribution in [3.05, 3.63) is 70.8 Å². The zero-order chi connectivity index (χ0) is 17.9. The van der Waals surface area contributed by atoms with Crippen LogP contribution in [-0.2, 0) is 17.8 Å². The van der Waals surface area contributed by atoms with Gasteiger partial charge in [0.15, 0.2) is 0 Å². The number of hydrogen-bond donors (Lipinski definition) is 2. The summed E-state index contributed by atoms with van der Waals surface area (Å²) in [6.07, 6.45) is 1.35. The first kappa shape index (κ1) is 16.8. The fourth-order valence-electron chi connectivity index (χ4n) is 3.84. The number of benzene rings is 2. The Bertz CT molecular complexity index is 834. The van der Waals surface area contributed by atoms with E-state index < -0.39 is 0 Å². The lowest BCUT2D eigenvalue weighted by Crippen LogP contribution is -2.38. The molecule has 0 aromatic heterocycles. The van der Waals surface area contributed by atoms with Gasteiger partial charge in [0, 0.05) is 31.7 Å². The Kier molecular flexibility index (Phi) is 4.71. The molecular weight excluding hydrogens is 326 g/mol. The molecule has 0 spiro atoms. The molecule has 2 aromatic rings. The maximum Gasteiger partial charge on any atom is 0.252 e. The zero-order valence-corrected chi connectivity index (χ0v) is 14.7. The van der Waals surface area contributed by atoms with Gasteiger partial charge >= 0.3 is 0 Å². The predicted molar refractivity (Wildman–Crippen MR) is 99.7 cm³/mol. The van der Waals surface area contributed by atoms with Crippen molar-refractivity contribution >= 4 is 11.8 Å². The van der Waals surface area contributed by atoms with E-state index in [-0.39, 0.29) is 24.3 Å². The zero-order valence-electron chi connectivity index (χ0n) is 14.7. The third-order valence-corrected chi connectivity index (χ3v) is 5.24. The van der Waals surface area contributed by atoms with Crippen LogP contribution in [0.2, 0.25) is 0 Å². The minimum atomic E-state index is -0.222. The van der Waals surface area contributed by atoms with Gasteiger partial charge in [0.1, 0.15) is 0 Å². The summed E-state index contributed by atoms with van der Waals surface area (Å²) in [4.78, 5) is 26.6. The highest BCUT2D eigenvalue weighted by molar-refractivity contribution is 5.99. The lowest BCUT2D eigenvalue weighted by Gasteiger charge is -2.28. The second-order valence-electron chi connectivity index (χ2n) is 6.96. The van der Waals surface area contributed by atoms with Crippen LogP contribution >= 0.6 is 0 Å². The summed E-state index contributed by atoms with van der Waals surface area (Å²) in [5.74, 6) is -0.116. The van der Waals surface area contributed by atoms with Crippen LogP contribution in [0.4, 0.5) is 0 Å². The van der Waals surface area contributed by atoms with Gasteiger partial charge in [0.2, 0.25) is 5.91 Å². The molecule has 0 saturated heterocycles. The standard InChI is InChI=1S/C21H23N3O2/c25-20(13-19-17-7-3-4-8-18(17)21(26)23-19)22-10-12-24-11-9-15-5-1-2-6-16(15)14-24/h1-8,19H,9-14H2,(H,22,25)(H,23,26)/t19-/m0/s1. The fraction of sp³-hybridized carbons (Fsp3) is 0.333. The summed E-state index contributed by atoms with van der Waals surface area (Å²) in [7, 11) is 0. The number of carbonyl (C=O) groups is 2. The van der Waals surface area contributed by atoms with E-state index in [4.69, 9.17) is 0 Å². The molecule has 4 rings (SSSR count). The molecule has 0 unspecified atom stereocenters. The topological polar surface area (TPSA) is 61.4 Å². The highest BCUT2D eigenvalue weighted by Crippen LogP contribution is 2.27. The second kappa shape index (κ2) is 7.30. The van der Waals surface area contributed by atoms with Gasteiger partial charge in [-0.2, -0.15) is 0 Å². The Labute approximate surface area is 153 Å². The number of carbonyl (C=O) groups excluding carboxylic acids is 2. The highest BCUT2D eigenvalue weighted by Gasteiger charge is 2.29. The molecule has 0 saturated carbocycles. The van der Waals surface area contributed by atoms with Crippen molar-refractivity contribution in [3.8, 4) is 0 Å². The van der Waals surface area contributed by atoms with Gasteiger partial charge in [-0.05, 0) is 29.2 Å². The quantitative estimate of drug-likeness (QED) is 0.868. The van der Waals surface area contributed by atoms with E-state index in [0.717, 1.165) is 31.6 Å². The molecule has 26 heavy (non-hydrogen) atoms. The monoisotopic (exact) mass is 349 g/mol. The van der Waals surface area contributed by atoms with E-state index in [2.05, 4.69) is 39.8 Å². The van der Waals surface area contributed by atoms with Crippen molar-refractivity contribution in [2.45, 2.75) is 25.4 Å². The minimum Gasteiger partial charge on any atom is -0.355 e. The van der Waals surface area contributed by atoms with Crippen molar-refractivity contribution in [1.82, 2.24) is 15.5 Å². The lowest BCUT2D eigenvalue weighted by atomic mass is 10.00. The molecule has 2 aromatic carbocycles. The van der Waals surface area contributed by atoms with Crippen molar-refractivity contribution in [3.63, 3.8) is 0 Å². The minimum absolute atomic E-state index is 0.0237. The van der Waals surface area contributed by atoms with Gasteiger partial charge in [-0.15, -0.1) is 0 Å². The van der Waals surface area contributed by atoms with Crippen molar-refractivity contribution in [1.29, 1.82) is 0 Å². The molecule has 5 nitrogen and oxygen atoms in total. The normalized spacial score (nSPS) is 18.8. The maximum atomic E-state index is 12.3. The molecule has 2 aliphatic heterocycles. The molecule has 0 fully saturated rings. The Balaban J connectivity index is 1.25. The molecule has 2 heterocycles. The third kappa shape index (κ3) is 3.48. The second-order valence-corrected chi connectivity index (χ2v) is 6.96. The molecule has 2 aliphatic rings. The largest absolute Gasteiger partial charge is 0.355 e. The van der Waals surface area contributed by atoms with Crippen LogP contribution in [0, 0.1) is 0 Å². The summed E-state index contributed by atoms with van der Waals surface area (Å²) in [5.41, 5.74) is 4.41. The summed E-state index contributed by atoms with van der Waals surface area (Å²) < 4.78 is 0. The van der Waals surface area contributed by atoms with Crippen LogP contribution in [0.25, 0.3) is 0 Å². The molecule has 0 bridgehead atoms. The van der Waals surface area contributed by atoms with Crippen LogP contribution in [0.5, 0.6) is 0 Å². The number of nitrogens with zero attached hydrogens (tertiary/aromatic N) is 1. The van der Waals surface area contributed by atoms with Gasteiger partial charge in [0.05, 0.1) is 12.5 Å². The van der Waals surface area contributed by atoms with Crippen molar-refractivity contribution < 1.29 is 9.59 Å². The number of amides is 2. The van der Waals surface area contributed by atoms with Crippen LogP contribution in [-0.4, -0.2) is 36.3 Å². The van der Waals surface area contributed by atoms with Gasteiger partial charge in [-0.25, -0.2) is 0 Å². The summed E-state index contributed by atoms with van der Waals surface area (Å²) in [5, 5.41) is 5.89. The van der Waals surface area contributed by atoms with Crippen LogP contribution in [0.15, 0.2) is 48.5 Å². The maximum absolute atomic E-state index is 12.3. The number of nitrogens with one attached hydrogen (secondary N) is 2. The third-order valence-electron chi connectivity index (χ3n) is 5.24. The number of rotatable bonds is 5. The molecule has 2 N–H and O–H groups in total. The predicted octanol–water partition coefficient (Wildman–Crippen LogP) is 2.04. The smallest absolute Gasteiger partial charge is 0.252 e. The Hall–Kier alpha value is -2.66.